The number of thiophene rings is 1. The Morgan fingerprint density at radius 1 is 1.16 bits per heavy atom. The zero-order valence-electron chi connectivity index (χ0n) is 19.9. The lowest BCUT2D eigenvalue weighted by atomic mass is 9.74. The number of carbonyl (C=O) groups excluding carboxylic acids is 2. The number of aliphatic carboxylic acids is 1. The number of hydrogen-bond acceptors (Lipinski definition) is 7. The Labute approximate surface area is 221 Å². The third kappa shape index (κ3) is 4.63. The Kier molecular flexibility index (Phi) is 7.44. The van der Waals surface area contributed by atoms with Gasteiger partial charge in [-0.3, -0.25) is 19.7 Å². The molecule has 4 atom stereocenters. The molecule has 1 aromatic heterocycles. The van der Waals surface area contributed by atoms with Crippen molar-refractivity contribution in [3.8, 4) is 0 Å². The molecule has 3 aromatic rings. The summed E-state index contributed by atoms with van der Waals surface area (Å²) in [4.78, 5) is 53.4. The van der Waals surface area contributed by atoms with E-state index >= 15 is 0 Å². The smallest absolute Gasteiger partial charge is 0.330 e. The number of nitro groups is 1. The summed E-state index contributed by atoms with van der Waals surface area (Å²) in [5.41, 5.74) is -1.62. The summed E-state index contributed by atoms with van der Waals surface area (Å²) in [7, 11) is 1.31. The van der Waals surface area contributed by atoms with Gasteiger partial charge in [0.2, 0.25) is 5.91 Å². The van der Waals surface area contributed by atoms with Gasteiger partial charge in [-0.15, -0.1) is 11.3 Å². The summed E-state index contributed by atoms with van der Waals surface area (Å²) in [5, 5.41) is 24.2. The molecule has 2 aromatic carbocycles. The van der Waals surface area contributed by atoms with E-state index in [0.29, 0.717) is 9.90 Å². The average Bonchev–Trinajstić information content (AvgIpc) is 3.48. The molecule has 1 amide bonds. The number of rotatable bonds is 8. The van der Waals surface area contributed by atoms with Crippen molar-refractivity contribution in [2.24, 2.45) is 5.92 Å². The van der Waals surface area contributed by atoms with Crippen LogP contribution in [0, 0.1) is 16.0 Å². The summed E-state index contributed by atoms with van der Waals surface area (Å²) in [6.45, 7) is 0.965. The van der Waals surface area contributed by atoms with E-state index in [2.05, 4.69) is 0 Å². The van der Waals surface area contributed by atoms with E-state index in [0.717, 1.165) is 4.90 Å². The number of methoxy groups -OCH3 is 1. The minimum Gasteiger partial charge on any atom is -0.479 e. The van der Waals surface area contributed by atoms with Crippen LogP contribution in [0.3, 0.4) is 0 Å². The number of ketones is 1. The molecule has 4 rings (SSSR count). The number of nitrogens with zero attached hydrogens (tertiary/aromatic N) is 2. The number of benzene rings is 2. The fourth-order valence-corrected chi connectivity index (χ4v) is 6.39. The summed E-state index contributed by atoms with van der Waals surface area (Å²) in [5.74, 6) is -4.47. The SMILES string of the molecule is COCC(=O)N1C(c2cccc([N+](=O)[O-])c2)C(C(=O)c2cccc(Cl)c2)C(c2cccs2)C1(C)C(=O)O. The molecule has 1 aliphatic heterocycles. The standard InChI is InChI=1S/C26H23ClN2O7S/c1-26(25(32)33)22(19-10-5-11-37-19)21(24(31)16-7-3-8-17(27)12-16)23(28(26)20(30)14-36-2)15-6-4-9-18(13-15)29(34)35/h3-13,21-23H,14H2,1-2H3,(H,32,33). The summed E-state index contributed by atoms with van der Waals surface area (Å²) < 4.78 is 5.07. The first-order valence-corrected chi connectivity index (χ1v) is 12.5. The maximum atomic E-state index is 14.2. The van der Waals surface area contributed by atoms with Gasteiger partial charge < -0.3 is 14.7 Å². The number of likely N-dealkylation sites (tertiary alicyclic amines) is 1. The molecule has 9 nitrogen and oxygen atoms in total. The lowest BCUT2D eigenvalue weighted by molar-refractivity contribution is -0.385. The van der Waals surface area contributed by atoms with Crippen LogP contribution in [-0.4, -0.2) is 51.8 Å². The van der Waals surface area contributed by atoms with Crippen molar-refractivity contribution in [1.82, 2.24) is 4.90 Å². The van der Waals surface area contributed by atoms with Crippen molar-refractivity contribution < 1.29 is 29.2 Å². The highest BCUT2D eigenvalue weighted by Gasteiger charge is 2.65. The van der Waals surface area contributed by atoms with Gasteiger partial charge in [0.25, 0.3) is 5.69 Å². The van der Waals surface area contributed by atoms with Crippen LogP contribution in [0.5, 0.6) is 0 Å². The zero-order chi connectivity index (χ0) is 26.9. The first-order chi connectivity index (χ1) is 17.6. The van der Waals surface area contributed by atoms with E-state index in [4.69, 9.17) is 16.3 Å². The van der Waals surface area contributed by atoms with Crippen LogP contribution in [0.4, 0.5) is 5.69 Å². The first-order valence-electron chi connectivity index (χ1n) is 11.2. The summed E-state index contributed by atoms with van der Waals surface area (Å²) in [6.07, 6.45) is 0. The van der Waals surface area contributed by atoms with Crippen molar-refractivity contribution >= 4 is 46.3 Å². The largest absolute Gasteiger partial charge is 0.479 e. The molecule has 1 saturated heterocycles. The van der Waals surface area contributed by atoms with E-state index < -0.39 is 52.6 Å². The van der Waals surface area contributed by atoms with E-state index in [1.54, 1.807) is 41.8 Å². The van der Waals surface area contributed by atoms with Gasteiger partial charge in [0.05, 0.1) is 16.9 Å². The number of carbonyl (C=O) groups is 3. The molecule has 0 saturated carbocycles. The molecule has 0 radical (unpaired) electrons. The van der Waals surface area contributed by atoms with E-state index in [1.165, 1.54) is 49.6 Å². The molecular formula is C26H23ClN2O7S. The van der Waals surface area contributed by atoms with Gasteiger partial charge in [-0.1, -0.05) is 41.9 Å². The second kappa shape index (κ2) is 10.4. The van der Waals surface area contributed by atoms with Crippen LogP contribution in [0.2, 0.25) is 5.02 Å². The van der Waals surface area contributed by atoms with Gasteiger partial charge in [-0.05, 0) is 36.1 Å². The average molecular weight is 543 g/mol. The fourth-order valence-electron chi connectivity index (χ4n) is 5.20. The molecule has 1 N–H and O–H groups in total. The predicted octanol–water partition coefficient (Wildman–Crippen LogP) is 4.97. The topological polar surface area (TPSA) is 127 Å². The van der Waals surface area contributed by atoms with E-state index in [-0.39, 0.29) is 16.8 Å². The zero-order valence-corrected chi connectivity index (χ0v) is 21.4. The second-order valence-corrected chi connectivity index (χ2v) is 10.3. The molecule has 11 heteroatoms. The Morgan fingerprint density at radius 3 is 2.49 bits per heavy atom. The number of nitro benzene ring substituents is 1. The Balaban J connectivity index is 2.05. The number of Topliss-reactive ketones (excluding diaryl/α,β-unsaturated/α-hetero) is 1. The van der Waals surface area contributed by atoms with Crippen LogP contribution in [0.25, 0.3) is 0 Å². The number of halogens is 1. The minimum absolute atomic E-state index is 0.239. The minimum atomic E-state index is -1.88. The molecule has 1 aliphatic rings. The van der Waals surface area contributed by atoms with Crippen molar-refractivity contribution in [1.29, 1.82) is 0 Å². The maximum Gasteiger partial charge on any atom is 0.330 e. The number of carboxylic acids is 1. The van der Waals surface area contributed by atoms with Gasteiger partial charge in [0, 0.05) is 40.6 Å². The highest BCUT2D eigenvalue weighted by molar-refractivity contribution is 7.10. The second-order valence-electron chi connectivity index (χ2n) is 8.84. The normalized spacial score (nSPS) is 23.1. The summed E-state index contributed by atoms with van der Waals surface area (Å²) >= 11 is 7.44. The molecule has 0 bridgehead atoms. The first kappa shape index (κ1) is 26.5. The van der Waals surface area contributed by atoms with Crippen LogP contribution >= 0.6 is 22.9 Å². The predicted molar refractivity (Wildman–Crippen MR) is 137 cm³/mol. The lowest BCUT2D eigenvalue weighted by Gasteiger charge is -2.37. The van der Waals surface area contributed by atoms with Crippen molar-refractivity contribution in [2.75, 3.05) is 13.7 Å². The third-order valence-electron chi connectivity index (χ3n) is 6.74. The Hall–Kier alpha value is -3.60. The van der Waals surface area contributed by atoms with Gasteiger partial charge in [-0.2, -0.15) is 0 Å². The molecular weight excluding hydrogens is 520 g/mol. The van der Waals surface area contributed by atoms with Crippen molar-refractivity contribution in [3.05, 3.63) is 97.2 Å². The molecule has 1 fully saturated rings. The van der Waals surface area contributed by atoms with Gasteiger partial charge in [0.1, 0.15) is 12.1 Å². The van der Waals surface area contributed by atoms with Crippen molar-refractivity contribution in [3.63, 3.8) is 0 Å². The number of carboxylic acid groups (broad SMARTS) is 1. The van der Waals surface area contributed by atoms with Crippen LogP contribution in [0.1, 0.15) is 39.7 Å². The number of non-ortho nitro benzene ring substituents is 1. The molecule has 0 aliphatic carbocycles. The molecule has 0 spiro atoms. The number of hydrogen-bond donors (Lipinski definition) is 1. The van der Waals surface area contributed by atoms with Crippen LogP contribution < -0.4 is 0 Å². The molecule has 4 unspecified atom stereocenters. The monoisotopic (exact) mass is 542 g/mol. The van der Waals surface area contributed by atoms with Gasteiger partial charge >= 0.3 is 5.97 Å². The quantitative estimate of drug-likeness (QED) is 0.242. The molecule has 2 heterocycles. The van der Waals surface area contributed by atoms with Crippen molar-refractivity contribution in [2.45, 2.75) is 24.4 Å². The molecule has 37 heavy (non-hydrogen) atoms. The Bertz CT molecular complexity index is 1360. The van der Waals surface area contributed by atoms with Crippen LogP contribution in [0.15, 0.2) is 66.0 Å². The van der Waals surface area contributed by atoms with Gasteiger partial charge in [-0.25, -0.2) is 4.79 Å². The number of amides is 1. The summed E-state index contributed by atoms with van der Waals surface area (Å²) in [6, 6.07) is 14.2. The van der Waals surface area contributed by atoms with Crippen LogP contribution in [-0.2, 0) is 14.3 Å². The highest BCUT2D eigenvalue weighted by Crippen LogP contribution is 2.57. The fraction of sp³-hybridized carbons (Fsp3) is 0.269. The molecule has 192 valence electrons. The highest BCUT2D eigenvalue weighted by atomic mass is 35.5. The van der Waals surface area contributed by atoms with Gasteiger partial charge in [0.15, 0.2) is 5.78 Å². The number of ether oxygens (including phenoxy) is 1. The lowest BCUT2D eigenvalue weighted by Crippen LogP contribution is -2.55. The third-order valence-corrected chi connectivity index (χ3v) is 7.93. The Morgan fingerprint density at radius 2 is 1.89 bits per heavy atom. The van der Waals surface area contributed by atoms with E-state index in [9.17, 15) is 29.6 Å². The maximum absolute atomic E-state index is 14.2. The van der Waals surface area contributed by atoms with E-state index in [1.807, 2.05) is 0 Å².